The Kier molecular flexibility index (Phi) is 9.44. The van der Waals surface area contributed by atoms with Gasteiger partial charge in [-0.3, -0.25) is 4.79 Å². The molecule has 0 aromatic heterocycles. The van der Waals surface area contributed by atoms with Crippen LogP contribution in [0.25, 0.3) is 0 Å². The number of hydrogen-bond acceptors (Lipinski definition) is 7. The number of rotatable bonds is 5. The largest absolute Gasteiger partial charge is 0.508 e. The predicted octanol–water partition coefficient (Wildman–Crippen LogP) is 1.87. The van der Waals surface area contributed by atoms with Gasteiger partial charge in [0.2, 0.25) is 0 Å². The average Bonchev–Trinajstić information content (AvgIpc) is 2.70. The van der Waals surface area contributed by atoms with Crippen LogP contribution in [0.5, 0.6) is 5.75 Å². The summed E-state index contributed by atoms with van der Waals surface area (Å²) >= 11 is 0. The number of allylic oxidation sites excluding steroid dienone is 3. The summed E-state index contributed by atoms with van der Waals surface area (Å²) in [5, 5.41) is 25.0. The number of nitrogens with one attached hydrogen (secondary N) is 1. The monoisotopic (exact) mass is 402 g/mol. The summed E-state index contributed by atoms with van der Waals surface area (Å²) in [6.45, 7) is -0.0394. The zero-order valence-corrected chi connectivity index (χ0v) is 16.2. The summed E-state index contributed by atoms with van der Waals surface area (Å²) in [5.41, 5.74) is 1.37. The van der Waals surface area contributed by atoms with Crippen molar-refractivity contribution < 1.29 is 29.4 Å². The van der Waals surface area contributed by atoms with Gasteiger partial charge in [-0.15, -0.1) is 0 Å². The van der Waals surface area contributed by atoms with Crippen LogP contribution in [0.15, 0.2) is 47.7 Å². The van der Waals surface area contributed by atoms with Crippen molar-refractivity contribution in [1.29, 1.82) is 0 Å². The second-order valence-electron chi connectivity index (χ2n) is 6.32. The van der Waals surface area contributed by atoms with Gasteiger partial charge in [0.15, 0.2) is 6.61 Å². The van der Waals surface area contributed by atoms with Crippen molar-refractivity contribution in [3.8, 4) is 5.75 Å². The lowest BCUT2D eigenvalue weighted by Crippen LogP contribution is -2.29. The van der Waals surface area contributed by atoms with Crippen molar-refractivity contribution in [3.63, 3.8) is 0 Å². The Morgan fingerprint density at radius 3 is 2.83 bits per heavy atom. The van der Waals surface area contributed by atoms with Crippen LogP contribution in [-0.2, 0) is 20.8 Å². The van der Waals surface area contributed by atoms with Gasteiger partial charge in [0.1, 0.15) is 5.75 Å². The number of amides is 1. The summed E-state index contributed by atoms with van der Waals surface area (Å²) < 4.78 is 5.30. The van der Waals surface area contributed by atoms with Crippen molar-refractivity contribution in [2.24, 2.45) is 5.16 Å². The van der Waals surface area contributed by atoms with Gasteiger partial charge in [-0.25, -0.2) is 4.79 Å². The Hall–Kier alpha value is -3.13. The van der Waals surface area contributed by atoms with E-state index in [-0.39, 0.29) is 38.5 Å². The SMILES string of the molecule is O=C(CO/N=C1\C=C\CC/C=C/CCOC(=O)c2ccc(O)cc2C1)NCCO. The summed E-state index contributed by atoms with van der Waals surface area (Å²) in [6, 6.07) is 4.43. The molecule has 0 aliphatic carbocycles. The topological polar surface area (TPSA) is 117 Å². The van der Waals surface area contributed by atoms with E-state index in [0.717, 1.165) is 12.8 Å². The molecule has 3 N–H and O–H groups in total. The Morgan fingerprint density at radius 1 is 1.21 bits per heavy atom. The van der Waals surface area contributed by atoms with Crippen molar-refractivity contribution in [2.75, 3.05) is 26.4 Å². The molecule has 0 unspecified atom stereocenters. The van der Waals surface area contributed by atoms with Gasteiger partial charge in [-0.2, -0.15) is 0 Å². The summed E-state index contributed by atoms with van der Waals surface area (Å²) in [6.07, 6.45) is 10.2. The fourth-order valence-corrected chi connectivity index (χ4v) is 2.61. The van der Waals surface area contributed by atoms with Crippen molar-refractivity contribution in [3.05, 3.63) is 53.6 Å². The number of carbonyl (C=O) groups excluding carboxylic acids is 2. The molecule has 0 atom stereocenters. The van der Waals surface area contributed by atoms with Crippen LogP contribution in [0, 0.1) is 0 Å². The molecular weight excluding hydrogens is 376 g/mol. The average molecular weight is 402 g/mol. The molecule has 1 aromatic carbocycles. The van der Waals surface area contributed by atoms with Gasteiger partial charge in [-0.1, -0.05) is 23.4 Å². The molecule has 1 aliphatic heterocycles. The lowest BCUT2D eigenvalue weighted by atomic mass is 10.0. The zero-order chi connectivity index (χ0) is 20.9. The van der Waals surface area contributed by atoms with Crippen molar-refractivity contribution >= 4 is 17.6 Å². The van der Waals surface area contributed by atoms with E-state index in [2.05, 4.69) is 10.5 Å². The van der Waals surface area contributed by atoms with Gasteiger partial charge >= 0.3 is 5.97 Å². The van der Waals surface area contributed by atoms with Gasteiger partial charge in [0.05, 0.1) is 24.5 Å². The molecule has 0 saturated heterocycles. The maximum Gasteiger partial charge on any atom is 0.338 e. The minimum atomic E-state index is -0.474. The van der Waals surface area contributed by atoms with E-state index in [4.69, 9.17) is 14.7 Å². The van der Waals surface area contributed by atoms with Crippen LogP contribution in [0.2, 0.25) is 0 Å². The number of phenolic OH excluding ortho intramolecular Hbond substituents is 1. The highest BCUT2D eigenvalue weighted by molar-refractivity contribution is 5.99. The molecule has 0 fully saturated rings. The fraction of sp³-hybridized carbons (Fsp3) is 0.381. The van der Waals surface area contributed by atoms with E-state index in [1.165, 1.54) is 18.2 Å². The number of aliphatic hydroxyl groups is 1. The van der Waals surface area contributed by atoms with Crippen LogP contribution < -0.4 is 5.32 Å². The number of oxime groups is 1. The Balaban J connectivity index is 2.21. The lowest BCUT2D eigenvalue weighted by Gasteiger charge is -2.11. The number of ether oxygens (including phenoxy) is 1. The normalized spacial score (nSPS) is 18.8. The number of hydrogen-bond donors (Lipinski definition) is 3. The highest BCUT2D eigenvalue weighted by Gasteiger charge is 2.15. The molecule has 156 valence electrons. The summed E-state index contributed by atoms with van der Waals surface area (Å²) in [4.78, 5) is 29.1. The molecule has 0 saturated carbocycles. The third kappa shape index (κ3) is 8.18. The van der Waals surface area contributed by atoms with E-state index < -0.39 is 11.9 Å². The van der Waals surface area contributed by atoms with E-state index in [1.807, 2.05) is 18.2 Å². The number of aromatic hydroxyl groups is 1. The third-order valence-electron chi connectivity index (χ3n) is 3.99. The van der Waals surface area contributed by atoms with Crippen LogP contribution in [-0.4, -0.2) is 54.2 Å². The minimum absolute atomic E-state index is 0.0215. The van der Waals surface area contributed by atoms with Crippen LogP contribution in [0.3, 0.4) is 0 Å². The number of nitrogens with zero attached hydrogens (tertiary/aromatic N) is 1. The molecule has 0 spiro atoms. The Labute approximate surface area is 169 Å². The van der Waals surface area contributed by atoms with Gasteiger partial charge in [0, 0.05) is 13.0 Å². The number of phenols is 1. The van der Waals surface area contributed by atoms with Crippen LogP contribution in [0.1, 0.15) is 35.2 Å². The highest BCUT2D eigenvalue weighted by atomic mass is 16.6. The van der Waals surface area contributed by atoms with E-state index in [0.29, 0.717) is 23.3 Å². The standard InChI is InChI=1S/C21H26N2O6/c24-11-10-22-20(26)15-29-23-17-7-5-3-1-2-4-6-12-28-21(27)19-9-8-18(25)14-16(19)13-17/h2,4-5,7-9,14,24-25H,1,3,6,10-13,15H2,(H,22,26)/b4-2+,7-5+,23-17+. The lowest BCUT2D eigenvalue weighted by molar-refractivity contribution is -0.125. The molecule has 29 heavy (non-hydrogen) atoms. The molecule has 8 nitrogen and oxygen atoms in total. The number of esters is 1. The highest BCUT2D eigenvalue weighted by Crippen LogP contribution is 2.19. The molecule has 0 radical (unpaired) electrons. The fourth-order valence-electron chi connectivity index (χ4n) is 2.61. The minimum Gasteiger partial charge on any atom is -0.508 e. The van der Waals surface area contributed by atoms with E-state index >= 15 is 0 Å². The van der Waals surface area contributed by atoms with Gasteiger partial charge < -0.3 is 25.1 Å². The third-order valence-corrected chi connectivity index (χ3v) is 3.99. The summed E-state index contributed by atoms with van der Waals surface area (Å²) in [7, 11) is 0. The van der Waals surface area contributed by atoms with Crippen molar-refractivity contribution in [2.45, 2.75) is 25.7 Å². The molecule has 1 aromatic rings. The smallest absolute Gasteiger partial charge is 0.338 e. The predicted molar refractivity (Wildman–Crippen MR) is 108 cm³/mol. The Bertz CT molecular complexity index is 785. The van der Waals surface area contributed by atoms with Crippen molar-refractivity contribution in [1.82, 2.24) is 5.32 Å². The number of cyclic esters (lactones) is 1. The van der Waals surface area contributed by atoms with Gasteiger partial charge in [-0.05, 0) is 49.1 Å². The first kappa shape index (κ1) is 22.2. The number of carbonyl (C=O) groups is 2. The van der Waals surface area contributed by atoms with Crippen LogP contribution in [0.4, 0.5) is 0 Å². The number of aliphatic hydroxyl groups excluding tert-OH is 1. The first-order chi connectivity index (χ1) is 14.1. The number of benzene rings is 1. The first-order valence-corrected chi connectivity index (χ1v) is 9.47. The zero-order valence-electron chi connectivity index (χ0n) is 16.2. The second kappa shape index (κ2) is 12.4. The van der Waals surface area contributed by atoms with Crippen LogP contribution >= 0.6 is 0 Å². The molecule has 1 aliphatic rings. The molecule has 1 heterocycles. The maximum atomic E-state index is 12.4. The number of fused-ring (bicyclic) bond motifs is 1. The molecule has 2 rings (SSSR count). The quantitative estimate of drug-likeness (QED) is 0.393. The second-order valence-corrected chi connectivity index (χ2v) is 6.32. The van der Waals surface area contributed by atoms with Gasteiger partial charge in [0.25, 0.3) is 5.91 Å². The molecule has 1 amide bonds. The molecular formula is C21H26N2O6. The maximum absolute atomic E-state index is 12.4. The first-order valence-electron chi connectivity index (χ1n) is 9.47. The van der Waals surface area contributed by atoms with E-state index in [1.54, 1.807) is 6.08 Å². The summed E-state index contributed by atoms with van der Waals surface area (Å²) in [5.74, 6) is -0.855. The molecule has 0 bridgehead atoms. The van der Waals surface area contributed by atoms with E-state index in [9.17, 15) is 14.7 Å². The molecule has 8 heteroatoms. The Morgan fingerprint density at radius 2 is 2.00 bits per heavy atom.